The van der Waals surface area contributed by atoms with Gasteiger partial charge in [0.1, 0.15) is 11.6 Å². The average Bonchev–Trinajstić information content (AvgIpc) is 3.24. The van der Waals surface area contributed by atoms with Crippen molar-refractivity contribution in [2.45, 2.75) is 0 Å². The molecule has 4 rings (SSSR count). The number of carbonyl (C=O) groups is 1. The Morgan fingerprint density at radius 3 is 2.62 bits per heavy atom. The summed E-state index contributed by atoms with van der Waals surface area (Å²) in [5, 5.41) is 13.4. The summed E-state index contributed by atoms with van der Waals surface area (Å²) in [5.41, 5.74) is 1.56. The molecule has 1 aromatic carbocycles. The number of amides is 1. The number of nitrogens with zero attached hydrogens (tertiary/aromatic N) is 6. The largest absolute Gasteiger partial charge is 0.370 e. The van der Waals surface area contributed by atoms with Crippen LogP contribution in [0.15, 0.2) is 29.1 Å². The highest BCUT2D eigenvalue weighted by Gasteiger charge is 2.28. The minimum Gasteiger partial charge on any atom is -0.370 e. The Balaban J connectivity index is 1.65. The molecule has 29 heavy (non-hydrogen) atoms. The van der Waals surface area contributed by atoms with Gasteiger partial charge in [0, 0.05) is 45.7 Å². The van der Waals surface area contributed by atoms with Crippen LogP contribution in [0.1, 0.15) is 16.1 Å². The van der Waals surface area contributed by atoms with Gasteiger partial charge in [0.05, 0.1) is 22.9 Å². The van der Waals surface area contributed by atoms with Gasteiger partial charge in [-0.1, -0.05) is 18.2 Å². The number of anilines is 2. The molecule has 1 amide bonds. The van der Waals surface area contributed by atoms with Crippen LogP contribution in [0.2, 0.25) is 0 Å². The number of carbonyl (C=O) groups excluding carboxylic acids is 1. The first-order valence-electron chi connectivity index (χ1n) is 9.13. The van der Waals surface area contributed by atoms with E-state index in [-0.39, 0.29) is 17.0 Å². The molecular formula is C19H19N7O2S. The van der Waals surface area contributed by atoms with Crippen molar-refractivity contribution in [2.75, 3.05) is 43.4 Å². The Bertz CT molecular complexity index is 1190. The van der Waals surface area contributed by atoms with E-state index in [1.165, 1.54) is 4.57 Å². The van der Waals surface area contributed by atoms with E-state index in [4.69, 9.17) is 0 Å². The molecule has 148 valence electrons. The van der Waals surface area contributed by atoms with Crippen LogP contribution < -0.4 is 15.8 Å². The summed E-state index contributed by atoms with van der Waals surface area (Å²) in [6, 6.07) is 9.64. The monoisotopic (exact) mass is 409 g/mol. The summed E-state index contributed by atoms with van der Waals surface area (Å²) in [6.45, 7) is 1.97. The second kappa shape index (κ2) is 7.52. The van der Waals surface area contributed by atoms with E-state index >= 15 is 0 Å². The molecule has 1 N–H and O–H groups in total. The lowest BCUT2D eigenvalue weighted by Gasteiger charge is -2.36. The lowest BCUT2D eigenvalue weighted by atomic mass is 10.1. The van der Waals surface area contributed by atoms with Gasteiger partial charge in [0.15, 0.2) is 11.5 Å². The molecule has 3 aromatic rings. The first-order chi connectivity index (χ1) is 14.1. The fraction of sp³-hybridized carbons (Fsp3) is 0.316. The number of aromatic nitrogens is 3. The van der Waals surface area contributed by atoms with Crippen LogP contribution in [0.5, 0.6) is 0 Å². The first kappa shape index (κ1) is 18.9. The van der Waals surface area contributed by atoms with Crippen molar-refractivity contribution in [3.05, 3.63) is 45.9 Å². The van der Waals surface area contributed by atoms with Crippen LogP contribution in [0, 0.1) is 11.3 Å². The number of fused-ring (bicyclic) bond motifs is 1. The summed E-state index contributed by atoms with van der Waals surface area (Å²) in [7, 11) is 3.38. The van der Waals surface area contributed by atoms with Crippen molar-refractivity contribution in [3.63, 3.8) is 0 Å². The van der Waals surface area contributed by atoms with Crippen molar-refractivity contribution in [2.24, 2.45) is 7.05 Å². The zero-order valence-electron chi connectivity index (χ0n) is 16.0. The third kappa shape index (κ3) is 3.09. The third-order valence-electron chi connectivity index (χ3n) is 5.20. The minimum atomic E-state index is -0.313. The summed E-state index contributed by atoms with van der Waals surface area (Å²) in [6.07, 6.45) is 0. The first-order valence-corrected chi connectivity index (χ1v) is 9.86. The van der Waals surface area contributed by atoms with Gasteiger partial charge >= 0.3 is 0 Å². The molecule has 1 fully saturated rings. The molecule has 1 saturated heterocycles. The van der Waals surface area contributed by atoms with Crippen LogP contribution in [0.25, 0.3) is 10.9 Å². The van der Waals surface area contributed by atoms with Gasteiger partial charge in [-0.3, -0.25) is 9.59 Å². The normalized spacial score (nSPS) is 14.1. The van der Waals surface area contributed by atoms with Gasteiger partial charge in [-0.2, -0.15) is 14.0 Å². The maximum atomic E-state index is 12.8. The Hall–Kier alpha value is -3.45. The van der Waals surface area contributed by atoms with E-state index in [0.29, 0.717) is 43.4 Å². The maximum Gasteiger partial charge on any atom is 0.277 e. The number of para-hydroxylation sites is 1. The predicted octanol–water partition coefficient (Wildman–Crippen LogP) is 1.27. The molecule has 3 heterocycles. The number of nitriles is 1. The number of rotatable bonds is 3. The Labute approximate surface area is 171 Å². The van der Waals surface area contributed by atoms with Crippen LogP contribution >= 0.6 is 11.7 Å². The zero-order chi connectivity index (χ0) is 20.5. The number of nitrogens with one attached hydrogen (secondary N) is 1. The molecule has 0 bridgehead atoms. The predicted molar refractivity (Wildman–Crippen MR) is 111 cm³/mol. The number of benzene rings is 1. The summed E-state index contributed by atoms with van der Waals surface area (Å²) in [5.74, 6) is 0.309. The molecule has 0 saturated carbocycles. The van der Waals surface area contributed by atoms with Crippen LogP contribution in [-0.4, -0.2) is 57.3 Å². The van der Waals surface area contributed by atoms with Gasteiger partial charge in [-0.25, -0.2) is 0 Å². The highest BCUT2D eigenvalue weighted by molar-refractivity contribution is 6.99. The van der Waals surface area contributed by atoms with Gasteiger partial charge in [0.25, 0.3) is 11.5 Å². The van der Waals surface area contributed by atoms with Crippen LogP contribution in [0.4, 0.5) is 11.5 Å². The topological polar surface area (TPSA) is 107 Å². The summed E-state index contributed by atoms with van der Waals surface area (Å²) < 4.78 is 9.69. The lowest BCUT2D eigenvalue weighted by molar-refractivity contribution is 0.0743. The SMILES string of the molecule is CNc1nsnc1C(=O)N1CCN(c2c(C#N)c(=O)n(C)c3ccccc23)CC1. The highest BCUT2D eigenvalue weighted by atomic mass is 32.1. The van der Waals surface area contributed by atoms with Gasteiger partial charge in [-0.15, -0.1) is 0 Å². The molecule has 1 aliphatic heterocycles. The van der Waals surface area contributed by atoms with Crippen molar-refractivity contribution in [3.8, 4) is 6.07 Å². The number of hydrogen-bond donors (Lipinski definition) is 1. The van der Waals surface area contributed by atoms with Crippen molar-refractivity contribution in [1.82, 2.24) is 18.2 Å². The molecule has 0 aliphatic carbocycles. The fourth-order valence-electron chi connectivity index (χ4n) is 3.68. The molecule has 0 spiro atoms. The maximum absolute atomic E-state index is 12.8. The van der Waals surface area contributed by atoms with Crippen molar-refractivity contribution in [1.29, 1.82) is 5.26 Å². The van der Waals surface area contributed by atoms with E-state index in [9.17, 15) is 14.9 Å². The third-order valence-corrected chi connectivity index (χ3v) is 5.73. The number of hydrogen-bond acceptors (Lipinski definition) is 8. The summed E-state index contributed by atoms with van der Waals surface area (Å²) >= 11 is 0.996. The second-order valence-electron chi connectivity index (χ2n) is 6.71. The number of piperazine rings is 1. The smallest absolute Gasteiger partial charge is 0.277 e. The summed E-state index contributed by atoms with van der Waals surface area (Å²) in [4.78, 5) is 29.2. The fourth-order valence-corrected chi connectivity index (χ4v) is 4.23. The van der Waals surface area contributed by atoms with Crippen molar-refractivity contribution < 1.29 is 4.79 Å². The molecule has 0 unspecified atom stereocenters. The Morgan fingerprint density at radius 1 is 1.21 bits per heavy atom. The molecule has 9 nitrogen and oxygen atoms in total. The Morgan fingerprint density at radius 2 is 1.93 bits per heavy atom. The van der Waals surface area contributed by atoms with Gasteiger partial charge < -0.3 is 19.7 Å². The van der Waals surface area contributed by atoms with E-state index < -0.39 is 0 Å². The molecule has 0 atom stereocenters. The van der Waals surface area contributed by atoms with Crippen LogP contribution in [-0.2, 0) is 7.05 Å². The second-order valence-corrected chi connectivity index (χ2v) is 7.24. The van der Waals surface area contributed by atoms with Crippen LogP contribution in [0.3, 0.4) is 0 Å². The number of aryl methyl sites for hydroxylation is 1. The molecule has 10 heteroatoms. The lowest BCUT2D eigenvalue weighted by Crippen LogP contribution is -2.49. The molecule has 2 aromatic heterocycles. The van der Waals surface area contributed by atoms with E-state index in [0.717, 1.165) is 22.6 Å². The standard InChI is InChI=1S/C19H19N7O2S/c1-21-17-15(22-29-23-17)19(28)26-9-7-25(8-10-26)16-12-5-3-4-6-14(12)24(2)18(27)13(16)11-20/h3-6H,7-10H2,1-2H3,(H,21,23). The minimum absolute atomic E-state index is 0.132. The molecular weight excluding hydrogens is 390 g/mol. The van der Waals surface area contributed by atoms with E-state index in [1.807, 2.05) is 29.2 Å². The quantitative estimate of drug-likeness (QED) is 0.694. The van der Waals surface area contributed by atoms with E-state index in [1.54, 1.807) is 19.0 Å². The van der Waals surface area contributed by atoms with E-state index in [2.05, 4.69) is 20.1 Å². The zero-order valence-corrected chi connectivity index (χ0v) is 16.9. The Kier molecular flexibility index (Phi) is 4.90. The molecule has 0 radical (unpaired) electrons. The molecule has 1 aliphatic rings. The van der Waals surface area contributed by atoms with Gasteiger partial charge in [-0.05, 0) is 6.07 Å². The number of pyridine rings is 1. The van der Waals surface area contributed by atoms with Gasteiger partial charge in [0.2, 0.25) is 0 Å². The van der Waals surface area contributed by atoms with Crippen molar-refractivity contribution >= 4 is 40.0 Å². The highest BCUT2D eigenvalue weighted by Crippen LogP contribution is 2.29. The average molecular weight is 409 g/mol.